The number of hydrogen-bond acceptors (Lipinski definition) is 2. The van der Waals surface area contributed by atoms with Crippen molar-refractivity contribution in [1.29, 1.82) is 0 Å². The number of nitrogens with zero attached hydrogens (tertiary/aromatic N) is 2. The van der Waals surface area contributed by atoms with Gasteiger partial charge in [-0.1, -0.05) is 11.6 Å². The highest BCUT2D eigenvalue weighted by Gasteiger charge is 2.16. The van der Waals surface area contributed by atoms with E-state index < -0.39 is 5.82 Å². The first-order chi connectivity index (χ1) is 10.1. The molecule has 21 heavy (non-hydrogen) atoms. The van der Waals surface area contributed by atoms with Gasteiger partial charge in [0.15, 0.2) is 0 Å². The lowest BCUT2D eigenvalue weighted by atomic mass is 10.2. The first-order valence-corrected chi connectivity index (χ1v) is 7.12. The molecule has 0 atom stereocenters. The average Bonchev–Trinajstić information content (AvgIpc) is 2.87. The van der Waals surface area contributed by atoms with Crippen molar-refractivity contribution in [2.24, 2.45) is 0 Å². The molecule has 0 aliphatic heterocycles. The van der Waals surface area contributed by atoms with Crippen molar-refractivity contribution in [3.05, 3.63) is 53.1 Å². The van der Waals surface area contributed by atoms with Crippen LogP contribution in [0.4, 0.5) is 4.39 Å². The summed E-state index contributed by atoms with van der Waals surface area (Å²) in [5.41, 5.74) is 1.74. The topological polar surface area (TPSA) is 27.1 Å². The molecule has 0 spiro atoms. The third-order valence-corrected chi connectivity index (χ3v) is 3.67. The van der Waals surface area contributed by atoms with E-state index in [9.17, 15) is 4.39 Å². The molecule has 0 saturated heterocycles. The van der Waals surface area contributed by atoms with Gasteiger partial charge in [-0.25, -0.2) is 9.37 Å². The van der Waals surface area contributed by atoms with Gasteiger partial charge >= 0.3 is 0 Å². The van der Waals surface area contributed by atoms with Crippen molar-refractivity contribution >= 4 is 34.2 Å². The molecule has 0 saturated carbocycles. The Labute approximate surface area is 130 Å². The molecule has 0 bridgehead atoms. The fourth-order valence-electron chi connectivity index (χ4n) is 2.25. The Morgan fingerprint density at radius 1 is 1.24 bits per heavy atom. The van der Waals surface area contributed by atoms with E-state index >= 15 is 0 Å². The average molecular weight is 325 g/mol. The number of halogens is 3. The largest absolute Gasteiger partial charge is 0.497 e. The molecule has 2 aromatic carbocycles. The zero-order valence-corrected chi connectivity index (χ0v) is 12.6. The molecule has 108 valence electrons. The van der Waals surface area contributed by atoms with Crippen LogP contribution in [0.15, 0.2) is 36.4 Å². The molecule has 0 N–H and O–H groups in total. The number of rotatable bonds is 3. The molecule has 3 nitrogen and oxygen atoms in total. The summed E-state index contributed by atoms with van der Waals surface area (Å²) >= 11 is 11.9. The molecule has 0 aliphatic rings. The zero-order valence-electron chi connectivity index (χ0n) is 11.1. The predicted molar refractivity (Wildman–Crippen MR) is 82.1 cm³/mol. The first kappa shape index (κ1) is 14.2. The van der Waals surface area contributed by atoms with Crippen LogP contribution in [0.2, 0.25) is 5.02 Å². The molecular weight excluding hydrogens is 314 g/mol. The Balaban J connectivity index is 2.36. The summed E-state index contributed by atoms with van der Waals surface area (Å²) in [4.78, 5) is 4.42. The summed E-state index contributed by atoms with van der Waals surface area (Å²) in [5, 5.41) is 0.441. The summed E-state index contributed by atoms with van der Waals surface area (Å²) in [7, 11) is 1.57. The molecule has 6 heteroatoms. The summed E-state index contributed by atoms with van der Waals surface area (Å²) < 4.78 is 21.1. The second-order valence-corrected chi connectivity index (χ2v) is 5.15. The van der Waals surface area contributed by atoms with Crippen LogP contribution in [0.5, 0.6) is 5.75 Å². The Hall–Kier alpha value is -1.78. The quantitative estimate of drug-likeness (QED) is 0.660. The normalized spacial score (nSPS) is 11.0. The van der Waals surface area contributed by atoms with E-state index in [1.165, 1.54) is 12.1 Å². The number of alkyl halides is 1. The molecular formula is C15H11Cl2FN2O. The predicted octanol–water partition coefficient (Wildman–Crippen LogP) is 4.57. The highest BCUT2D eigenvalue weighted by atomic mass is 35.5. The highest BCUT2D eigenvalue weighted by Crippen LogP contribution is 2.28. The minimum atomic E-state index is -0.395. The number of fused-ring (bicyclic) bond motifs is 1. The number of ether oxygens (including phenoxy) is 1. The lowest BCUT2D eigenvalue weighted by molar-refractivity contribution is 0.415. The van der Waals surface area contributed by atoms with Crippen LogP contribution in [0.25, 0.3) is 16.7 Å². The van der Waals surface area contributed by atoms with Crippen LogP contribution in [-0.2, 0) is 5.88 Å². The maximum Gasteiger partial charge on any atom is 0.147 e. The molecule has 3 rings (SSSR count). The van der Waals surface area contributed by atoms with Gasteiger partial charge in [-0.15, -0.1) is 11.6 Å². The van der Waals surface area contributed by atoms with Crippen molar-refractivity contribution in [2.45, 2.75) is 5.88 Å². The minimum absolute atomic E-state index is 0.156. The number of methoxy groups -OCH3 is 1. The Kier molecular flexibility index (Phi) is 3.74. The summed E-state index contributed by atoms with van der Waals surface area (Å²) in [6.45, 7) is 0. The van der Waals surface area contributed by atoms with E-state index in [4.69, 9.17) is 27.9 Å². The van der Waals surface area contributed by atoms with Crippen molar-refractivity contribution in [1.82, 2.24) is 9.55 Å². The SMILES string of the molecule is COc1ccc2nc(CCl)n(-c3cc(Cl)ccc3F)c2c1. The summed E-state index contributed by atoms with van der Waals surface area (Å²) in [6.07, 6.45) is 0. The number of hydrogen-bond donors (Lipinski definition) is 0. The second kappa shape index (κ2) is 5.54. The monoisotopic (exact) mass is 324 g/mol. The Morgan fingerprint density at radius 3 is 2.76 bits per heavy atom. The first-order valence-electron chi connectivity index (χ1n) is 6.21. The van der Waals surface area contributed by atoms with Gasteiger partial charge in [0.25, 0.3) is 0 Å². The smallest absolute Gasteiger partial charge is 0.147 e. The van der Waals surface area contributed by atoms with E-state index in [0.717, 1.165) is 0 Å². The van der Waals surface area contributed by atoms with E-state index in [0.29, 0.717) is 33.3 Å². The van der Waals surface area contributed by atoms with Crippen molar-refractivity contribution in [3.63, 3.8) is 0 Å². The van der Waals surface area contributed by atoms with Gasteiger partial charge in [0.05, 0.1) is 29.7 Å². The van der Waals surface area contributed by atoms with Crippen LogP contribution >= 0.6 is 23.2 Å². The van der Waals surface area contributed by atoms with E-state index in [-0.39, 0.29) is 5.88 Å². The van der Waals surface area contributed by atoms with E-state index in [1.54, 1.807) is 29.9 Å². The van der Waals surface area contributed by atoms with Gasteiger partial charge in [-0.3, -0.25) is 4.57 Å². The van der Waals surface area contributed by atoms with Gasteiger partial charge in [-0.2, -0.15) is 0 Å². The molecule has 0 amide bonds. The number of imidazole rings is 1. The van der Waals surface area contributed by atoms with Crippen LogP contribution in [0, 0.1) is 5.82 Å². The molecule has 0 aliphatic carbocycles. The fraction of sp³-hybridized carbons (Fsp3) is 0.133. The fourth-order valence-corrected chi connectivity index (χ4v) is 2.59. The molecule has 0 unspecified atom stereocenters. The van der Waals surface area contributed by atoms with Crippen LogP contribution in [0.3, 0.4) is 0 Å². The van der Waals surface area contributed by atoms with E-state index in [1.807, 2.05) is 6.07 Å². The lowest BCUT2D eigenvalue weighted by Gasteiger charge is -2.10. The molecule has 1 heterocycles. The van der Waals surface area contributed by atoms with Gasteiger partial charge < -0.3 is 4.74 Å². The standard InChI is InChI=1S/C15H11Cl2FN2O/c1-21-10-3-5-12-14(7-10)20(15(8-16)19-12)13-6-9(17)2-4-11(13)18/h2-7H,8H2,1H3. The highest BCUT2D eigenvalue weighted by molar-refractivity contribution is 6.30. The van der Waals surface area contributed by atoms with Crippen molar-refractivity contribution in [3.8, 4) is 11.4 Å². The number of benzene rings is 2. The summed E-state index contributed by atoms with van der Waals surface area (Å²) in [6, 6.07) is 9.77. The zero-order chi connectivity index (χ0) is 15.0. The van der Waals surface area contributed by atoms with Gasteiger partial charge in [0, 0.05) is 11.1 Å². The van der Waals surface area contributed by atoms with Crippen LogP contribution in [0.1, 0.15) is 5.82 Å². The van der Waals surface area contributed by atoms with Crippen molar-refractivity contribution < 1.29 is 9.13 Å². The lowest BCUT2D eigenvalue weighted by Crippen LogP contribution is -2.02. The molecule has 1 aromatic heterocycles. The number of aromatic nitrogens is 2. The minimum Gasteiger partial charge on any atom is -0.497 e. The van der Waals surface area contributed by atoms with Crippen LogP contribution in [-0.4, -0.2) is 16.7 Å². The van der Waals surface area contributed by atoms with E-state index in [2.05, 4.69) is 4.98 Å². The Bertz CT molecular complexity index is 817. The van der Waals surface area contributed by atoms with Gasteiger partial charge in [-0.05, 0) is 30.3 Å². The molecule has 0 radical (unpaired) electrons. The third kappa shape index (κ3) is 2.45. The third-order valence-electron chi connectivity index (χ3n) is 3.20. The second-order valence-electron chi connectivity index (χ2n) is 4.45. The maximum absolute atomic E-state index is 14.2. The summed E-state index contributed by atoms with van der Waals surface area (Å²) in [5.74, 6) is 0.962. The van der Waals surface area contributed by atoms with Crippen LogP contribution < -0.4 is 4.74 Å². The molecule has 3 aromatic rings. The van der Waals surface area contributed by atoms with Crippen molar-refractivity contribution in [2.75, 3.05) is 7.11 Å². The van der Waals surface area contributed by atoms with Gasteiger partial charge in [0.2, 0.25) is 0 Å². The Morgan fingerprint density at radius 2 is 2.05 bits per heavy atom. The maximum atomic E-state index is 14.2. The molecule has 0 fully saturated rings. The van der Waals surface area contributed by atoms with Gasteiger partial charge in [0.1, 0.15) is 17.4 Å².